The lowest BCUT2D eigenvalue weighted by atomic mass is 10.2. The lowest BCUT2D eigenvalue weighted by Crippen LogP contribution is -2.54. The second-order valence-corrected chi connectivity index (χ2v) is 4.64. The van der Waals surface area contributed by atoms with E-state index in [0.717, 1.165) is 26.2 Å². The summed E-state index contributed by atoms with van der Waals surface area (Å²) in [5, 5.41) is 11.5. The van der Waals surface area contributed by atoms with E-state index >= 15 is 0 Å². The molecular formula is C12H23N3O4. The quantitative estimate of drug-likeness (QED) is 0.560. The summed E-state index contributed by atoms with van der Waals surface area (Å²) >= 11 is 0. The third-order valence-corrected chi connectivity index (χ3v) is 3.19. The first kappa shape index (κ1) is 15.9. The minimum atomic E-state index is -0.619. The number of nitrogens with one attached hydrogen (secondary N) is 1. The number of amides is 1. The first-order valence-corrected chi connectivity index (χ1v) is 6.47. The van der Waals surface area contributed by atoms with Crippen LogP contribution in [0.1, 0.15) is 6.92 Å². The molecule has 1 unspecified atom stereocenters. The van der Waals surface area contributed by atoms with E-state index in [1.807, 2.05) is 0 Å². The summed E-state index contributed by atoms with van der Waals surface area (Å²) in [6.45, 7) is 6.02. The molecule has 7 heteroatoms. The third kappa shape index (κ3) is 5.54. The topological polar surface area (TPSA) is 82.1 Å². The predicted octanol–water partition coefficient (Wildman–Crippen LogP) is -1.73. The highest BCUT2D eigenvalue weighted by molar-refractivity contribution is 5.83. The summed E-state index contributed by atoms with van der Waals surface area (Å²) in [7, 11) is 1.32. The fourth-order valence-electron chi connectivity index (χ4n) is 2.16. The average molecular weight is 273 g/mol. The van der Waals surface area contributed by atoms with Crippen molar-refractivity contribution in [3.63, 3.8) is 0 Å². The molecule has 0 radical (unpaired) electrons. The molecular weight excluding hydrogens is 250 g/mol. The molecule has 0 spiro atoms. The van der Waals surface area contributed by atoms with Crippen LogP contribution in [0.5, 0.6) is 0 Å². The van der Waals surface area contributed by atoms with Crippen molar-refractivity contribution in [1.82, 2.24) is 15.1 Å². The van der Waals surface area contributed by atoms with Crippen LogP contribution in [0, 0.1) is 0 Å². The number of carbonyl (C=O) groups excluding carboxylic acids is 2. The van der Waals surface area contributed by atoms with Crippen LogP contribution < -0.4 is 5.32 Å². The van der Waals surface area contributed by atoms with Crippen LogP contribution in [0.25, 0.3) is 0 Å². The summed E-state index contributed by atoms with van der Waals surface area (Å²) in [4.78, 5) is 26.9. The van der Waals surface area contributed by atoms with Crippen molar-refractivity contribution in [3.05, 3.63) is 0 Å². The van der Waals surface area contributed by atoms with Crippen molar-refractivity contribution in [2.45, 2.75) is 13.0 Å². The maximum Gasteiger partial charge on any atom is 0.329 e. The van der Waals surface area contributed by atoms with Crippen molar-refractivity contribution < 1.29 is 19.4 Å². The Morgan fingerprint density at radius 3 is 2.32 bits per heavy atom. The molecule has 110 valence electrons. The zero-order chi connectivity index (χ0) is 14.3. The third-order valence-electron chi connectivity index (χ3n) is 3.19. The Hall–Kier alpha value is -1.18. The van der Waals surface area contributed by atoms with Gasteiger partial charge in [-0.05, 0) is 0 Å². The van der Waals surface area contributed by atoms with Gasteiger partial charge in [0.15, 0.2) is 0 Å². The molecule has 1 rings (SSSR count). The highest BCUT2D eigenvalue weighted by Gasteiger charge is 2.25. The Morgan fingerprint density at radius 2 is 1.84 bits per heavy atom. The molecule has 1 heterocycles. The number of aliphatic hydroxyl groups excluding tert-OH is 1. The van der Waals surface area contributed by atoms with Gasteiger partial charge in [0.05, 0.1) is 13.7 Å². The van der Waals surface area contributed by atoms with E-state index < -0.39 is 12.0 Å². The zero-order valence-electron chi connectivity index (χ0n) is 11.6. The lowest BCUT2D eigenvalue weighted by Gasteiger charge is -2.35. The summed E-state index contributed by atoms with van der Waals surface area (Å²) in [6, 6.07) is -0.619. The van der Waals surface area contributed by atoms with Crippen LogP contribution in [0.15, 0.2) is 0 Å². The summed E-state index contributed by atoms with van der Waals surface area (Å²) in [5.41, 5.74) is 0. The molecule has 2 N–H and O–H groups in total. The van der Waals surface area contributed by atoms with Crippen LogP contribution in [0.3, 0.4) is 0 Å². The highest BCUT2D eigenvalue weighted by Crippen LogP contribution is 2.03. The number of methoxy groups -OCH3 is 1. The molecule has 1 aliphatic rings. The maximum absolute atomic E-state index is 11.6. The van der Waals surface area contributed by atoms with E-state index in [4.69, 9.17) is 9.84 Å². The predicted molar refractivity (Wildman–Crippen MR) is 69.6 cm³/mol. The number of aliphatic hydroxyl groups is 1. The van der Waals surface area contributed by atoms with Gasteiger partial charge in [0.25, 0.3) is 0 Å². The Morgan fingerprint density at radius 1 is 1.26 bits per heavy atom. The fourth-order valence-corrected chi connectivity index (χ4v) is 2.16. The molecule has 1 fully saturated rings. The van der Waals surface area contributed by atoms with Gasteiger partial charge in [-0.2, -0.15) is 0 Å². The summed E-state index contributed by atoms with van der Waals surface area (Å²) < 4.78 is 4.69. The van der Waals surface area contributed by atoms with Crippen molar-refractivity contribution in [3.8, 4) is 0 Å². The molecule has 0 aromatic rings. The summed E-state index contributed by atoms with van der Waals surface area (Å²) in [6.07, 6.45) is 0. The van der Waals surface area contributed by atoms with Crippen LogP contribution >= 0.6 is 0 Å². The molecule has 0 aromatic carbocycles. The van der Waals surface area contributed by atoms with E-state index in [9.17, 15) is 9.59 Å². The minimum absolute atomic E-state index is 0.163. The van der Waals surface area contributed by atoms with Crippen molar-refractivity contribution >= 4 is 11.9 Å². The first-order chi connectivity index (χ1) is 9.06. The number of esters is 1. The Labute approximate surface area is 113 Å². The SMILES string of the molecule is COC(=O)C(CN1CCN(CCO)CC1)NC(C)=O. The standard InChI is InChI=1S/C12H23N3O4/c1-10(17)13-11(12(18)19-2)9-15-5-3-14(4-6-15)7-8-16/h11,16H,3-9H2,1-2H3,(H,13,17). The molecule has 0 aromatic heterocycles. The zero-order valence-corrected chi connectivity index (χ0v) is 11.6. The van der Waals surface area contributed by atoms with E-state index in [0.29, 0.717) is 13.1 Å². The van der Waals surface area contributed by atoms with Gasteiger partial charge in [0.2, 0.25) is 5.91 Å². The monoisotopic (exact) mass is 273 g/mol. The number of nitrogens with zero attached hydrogens (tertiary/aromatic N) is 2. The van der Waals surface area contributed by atoms with Gasteiger partial charge in [-0.3, -0.25) is 14.6 Å². The summed E-state index contributed by atoms with van der Waals surface area (Å²) in [5.74, 6) is -0.665. The van der Waals surface area contributed by atoms with Crippen molar-refractivity contribution in [1.29, 1.82) is 0 Å². The van der Waals surface area contributed by atoms with E-state index in [1.54, 1.807) is 0 Å². The maximum atomic E-state index is 11.6. The van der Waals surface area contributed by atoms with Gasteiger partial charge >= 0.3 is 5.97 Å². The van der Waals surface area contributed by atoms with Gasteiger partial charge < -0.3 is 15.2 Å². The molecule has 1 amide bonds. The number of hydrogen-bond acceptors (Lipinski definition) is 6. The number of hydrogen-bond donors (Lipinski definition) is 2. The second kappa shape index (κ2) is 8.08. The number of ether oxygens (including phenoxy) is 1. The largest absolute Gasteiger partial charge is 0.467 e. The molecule has 1 saturated heterocycles. The number of piperazine rings is 1. The van der Waals surface area contributed by atoms with Gasteiger partial charge in [0.1, 0.15) is 6.04 Å². The normalized spacial score (nSPS) is 18.9. The number of carbonyl (C=O) groups is 2. The number of β-amino-alcohol motifs (C(OH)–C–C–N with tert-alkyl or cyclic N) is 1. The first-order valence-electron chi connectivity index (χ1n) is 6.47. The lowest BCUT2D eigenvalue weighted by molar-refractivity contribution is -0.145. The smallest absolute Gasteiger partial charge is 0.329 e. The molecule has 0 saturated carbocycles. The highest BCUT2D eigenvalue weighted by atomic mass is 16.5. The average Bonchev–Trinajstić information content (AvgIpc) is 2.39. The Balaban J connectivity index is 2.43. The van der Waals surface area contributed by atoms with Crippen molar-refractivity contribution in [2.75, 3.05) is 53.0 Å². The Bertz CT molecular complexity index is 303. The van der Waals surface area contributed by atoms with Crippen LogP contribution in [-0.4, -0.2) is 85.8 Å². The number of rotatable bonds is 6. The second-order valence-electron chi connectivity index (χ2n) is 4.64. The van der Waals surface area contributed by atoms with Crippen LogP contribution in [0.4, 0.5) is 0 Å². The van der Waals surface area contributed by atoms with E-state index in [2.05, 4.69) is 15.1 Å². The van der Waals surface area contributed by atoms with Gasteiger partial charge in [0, 0.05) is 46.2 Å². The molecule has 19 heavy (non-hydrogen) atoms. The van der Waals surface area contributed by atoms with Gasteiger partial charge in [-0.25, -0.2) is 4.79 Å². The van der Waals surface area contributed by atoms with Crippen LogP contribution in [-0.2, 0) is 14.3 Å². The molecule has 7 nitrogen and oxygen atoms in total. The Kier molecular flexibility index (Phi) is 6.75. The molecule has 1 aliphatic heterocycles. The van der Waals surface area contributed by atoms with Gasteiger partial charge in [-0.1, -0.05) is 0 Å². The van der Waals surface area contributed by atoms with Crippen LogP contribution in [0.2, 0.25) is 0 Å². The van der Waals surface area contributed by atoms with Gasteiger partial charge in [-0.15, -0.1) is 0 Å². The molecule has 1 atom stereocenters. The van der Waals surface area contributed by atoms with E-state index in [1.165, 1.54) is 14.0 Å². The molecule has 0 aliphatic carbocycles. The van der Waals surface area contributed by atoms with Crippen molar-refractivity contribution in [2.24, 2.45) is 0 Å². The fraction of sp³-hybridized carbons (Fsp3) is 0.833. The molecule has 0 bridgehead atoms. The minimum Gasteiger partial charge on any atom is -0.467 e. The van der Waals surface area contributed by atoms with E-state index in [-0.39, 0.29) is 12.5 Å².